The Kier molecular flexibility index (Phi) is 4.38. The molecule has 0 atom stereocenters. The van der Waals surface area contributed by atoms with Crippen molar-refractivity contribution < 1.29 is 9.47 Å². The molecule has 0 saturated carbocycles. The number of hydrogen-bond acceptors (Lipinski definition) is 7. The lowest BCUT2D eigenvalue weighted by atomic mass is 10.4. The van der Waals surface area contributed by atoms with Crippen molar-refractivity contribution >= 4 is 17.7 Å². The van der Waals surface area contributed by atoms with E-state index in [4.69, 9.17) is 9.47 Å². The average Bonchev–Trinajstić information content (AvgIpc) is 2.31. The first-order chi connectivity index (χ1) is 8.31. The first kappa shape index (κ1) is 12.4. The summed E-state index contributed by atoms with van der Waals surface area (Å²) in [6, 6.07) is 0.383. The minimum Gasteiger partial charge on any atom is -0.463 e. The number of nitrogens with zero attached hydrogens (tertiary/aromatic N) is 3. The summed E-state index contributed by atoms with van der Waals surface area (Å²) in [5, 5.41) is 4.04. The summed E-state index contributed by atoms with van der Waals surface area (Å²) in [6.45, 7) is 4.18. The van der Waals surface area contributed by atoms with Gasteiger partial charge in [-0.1, -0.05) is 18.7 Å². The number of nitrogens with one attached hydrogen (secondary N) is 1. The molecular formula is C10H16N4O2S. The smallest absolute Gasteiger partial charge is 0.322 e. The van der Waals surface area contributed by atoms with Gasteiger partial charge in [0.25, 0.3) is 0 Å². The lowest BCUT2D eigenvalue weighted by Gasteiger charge is -2.24. The maximum atomic E-state index is 5.42. The van der Waals surface area contributed by atoms with Crippen LogP contribution in [0, 0.1) is 0 Å². The Bertz CT molecular complexity index is 373. The van der Waals surface area contributed by atoms with Crippen LogP contribution in [0.15, 0.2) is 5.16 Å². The van der Waals surface area contributed by atoms with Gasteiger partial charge in [-0.2, -0.15) is 15.0 Å². The van der Waals surface area contributed by atoms with Crippen LogP contribution in [-0.4, -0.2) is 47.1 Å². The maximum Gasteiger partial charge on any atom is 0.322 e. The summed E-state index contributed by atoms with van der Waals surface area (Å²) >= 11 is 1.60. The molecule has 0 aromatic carbocycles. The van der Waals surface area contributed by atoms with Crippen LogP contribution in [0.1, 0.15) is 13.3 Å². The Balaban J connectivity index is 2.06. The monoisotopic (exact) mass is 256 g/mol. The van der Waals surface area contributed by atoms with E-state index in [1.807, 2.05) is 6.92 Å². The molecule has 1 saturated heterocycles. The lowest BCUT2D eigenvalue weighted by molar-refractivity contribution is 0.0454. The zero-order chi connectivity index (χ0) is 12.1. The van der Waals surface area contributed by atoms with Crippen molar-refractivity contribution in [2.75, 3.05) is 32.2 Å². The summed E-state index contributed by atoms with van der Waals surface area (Å²) in [5.41, 5.74) is 0. The number of ether oxygens (including phenoxy) is 2. The highest BCUT2D eigenvalue weighted by molar-refractivity contribution is 7.99. The van der Waals surface area contributed by atoms with Gasteiger partial charge in [0.05, 0.1) is 25.1 Å². The summed E-state index contributed by atoms with van der Waals surface area (Å²) in [5.74, 6) is 0.536. The minimum absolute atomic E-state index is 0.383. The van der Waals surface area contributed by atoms with Gasteiger partial charge < -0.3 is 14.8 Å². The molecule has 1 N–H and O–H groups in total. The molecule has 1 aromatic rings. The fraction of sp³-hybridized carbons (Fsp3) is 0.700. The zero-order valence-electron chi connectivity index (χ0n) is 9.97. The maximum absolute atomic E-state index is 5.42. The SMILES string of the molecule is CCCOc1nc(NC)nc(SC2COC2)n1. The van der Waals surface area contributed by atoms with Gasteiger partial charge in [-0.25, -0.2) is 0 Å². The van der Waals surface area contributed by atoms with Crippen molar-refractivity contribution in [3.05, 3.63) is 0 Å². The van der Waals surface area contributed by atoms with Crippen molar-refractivity contribution in [3.63, 3.8) is 0 Å². The van der Waals surface area contributed by atoms with Crippen molar-refractivity contribution in [2.45, 2.75) is 23.8 Å². The molecule has 1 fully saturated rings. The highest BCUT2D eigenvalue weighted by Gasteiger charge is 2.21. The van der Waals surface area contributed by atoms with E-state index < -0.39 is 0 Å². The van der Waals surface area contributed by atoms with Crippen LogP contribution in [0.25, 0.3) is 0 Å². The van der Waals surface area contributed by atoms with Crippen molar-refractivity contribution in [2.24, 2.45) is 0 Å². The predicted molar refractivity (Wildman–Crippen MR) is 65.6 cm³/mol. The molecule has 0 amide bonds. The molecule has 6 nitrogen and oxygen atoms in total. The standard InChI is InChI=1S/C10H16N4O2S/c1-3-4-16-9-12-8(11-2)13-10(14-9)17-7-5-15-6-7/h7H,3-6H2,1-2H3,(H,11,12,13,14). The van der Waals surface area contributed by atoms with E-state index in [9.17, 15) is 0 Å². The molecule has 2 heterocycles. The molecule has 17 heavy (non-hydrogen) atoms. The molecule has 1 aromatic heterocycles. The molecule has 0 unspecified atom stereocenters. The molecule has 7 heteroatoms. The van der Waals surface area contributed by atoms with E-state index in [2.05, 4.69) is 20.3 Å². The van der Waals surface area contributed by atoms with Gasteiger partial charge in [0.15, 0.2) is 5.16 Å². The topological polar surface area (TPSA) is 69.2 Å². The van der Waals surface area contributed by atoms with Crippen LogP contribution in [0.2, 0.25) is 0 Å². The van der Waals surface area contributed by atoms with Crippen molar-refractivity contribution in [1.82, 2.24) is 15.0 Å². The molecule has 94 valence electrons. The molecule has 1 aliphatic rings. The minimum atomic E-state index is 0.383. The van der Waals surface area contributed by atoms with Crippen LogP contribution < -0.4 is 10.1 Å². The summed E-state index contributed by atoms with van der Waals surface area (Å²) in [7, 11) is 1.78. The number of aromatic nitrogens is 3. The molecular weight excluding hydrogens is 240 g/mol. The van der Waals surface area contributed by atoms with E-state index in [0.717, 1.165) is 19.6 Å². The van der Waals surface area contributed by atoms with Crippen molar-refractivity contribution in [3.8, 4) is 6.01 Å². The Hall–Kier alpha value is -1.08. The van der Waals surface area contributed by atoms with E-state index in [0.29, 0.717) is 29.0 Å². The fourth-order valence-electron chi connectivity index (χ4n) is 1.19. The second-order valence-corrected chi connectivity index (χ2v) is 4.87. The lowest BCUT2D eigenvalue weighted by Crippen LogP contribution is -2.30. The number of rotatable bonds is 6. The van der Waals surface area contributed by atoms with Gasteiger partial charge in [0, 0.05) is 7.05 Å². The van der Waals surface area contributed by atoms with Gasteiger partial charge in [-0.15, -0.1) is 0 Å². The van der Waals surface area contributed by atoms with Gasteiger partial charge in [0.1, 0.15) is 0 Å². The van der Waals surface area contributed by atoms with Gasteiger partial charge in [-0.3, -0.25) is 0 Å². The Morgan fingerprint density at radius 1 is 1.41 bits per heavy atom. The summed E-state index contributed by atoms with van der Waals surface area (Å²) in [6.07, 6.45) is 0.930. The highest BCUT2D eigenvalue weighted by atomic mass is 32.2. The number of hydrogen-bond donors (Lipinski definition) is 1. The summed E-state index contributed by atoms with van der Waals surface area (Å²) < 4.78 is 10.5. The first-order valence-corrected chi connectivity index (χ1v) is 6.50. The van der Waals surface area contributed by atoms with E-state index in [-0.39, 0.29) is 0 Å². The van der Waals surface area contributed by atoms with Gasteiger partial charge in [-0.05, 0) is 6.42 Å². The number of anilines is 1. The fourth-order valence-corrected chi connectivity index (χ4v) is 2.09. The van der Waals surface area contributed by atoms with Crippen LogP contribution >= 0.6 is 11.8 Å². The van der Waals surface area contributed by atoms with E-state index in [1.165, 1.54) is 0 Å². The molecule has 0 radical (unpaired) electrons. The van der Waals surface area contributed by atoms with Crippen LogP contribution in [-0.2, 0) is 4.74 Å². The third kappa shape index (κ3) is 3.44. The third-order valence-electron chi connectivity index (χ3n) is 2.13. The second kappa shape index (κ2) is 6.02. The van der Waals surface area contributed by atoms with Crippen LogP contribution in [0.5, 0.6) is 6.01 Å². The van der Waals surface area contributed by atoms with Crippen LogP contribution in [0.4, 0.5) is 5.95 Å². The molecule has 1 aliphatic heterocycles. The zero-order valence-corrected chi connectivity index (χ0v) is 10.8. The average molecular weight is 256 g/mol. The van der Waals surface area contributed by atoms with Crippen molar-refractivity contribution in [1.29, 1.82) is 0 Å². The largest absolute Gasteiger partial charge is 0.463 e. The first-order valence-electron chi connectivity index (χ1n) is 5.63. The Morgan fingerprint density at radius 2 is 2.24 bits per heavy atom. The Labute approximate surface area is 105 Å². The van der Waals surface area contributed by atoms with Gasteiger partial charge >= 0.3 is 6.01 Å². The molecule has 2 rings (SSSR count). The molecule has 0 aliphatic carbocycles. The molecule has 0 bridgehead atoms. The molecule has 0 spiro atoms. The second-order valence-electron chi connectivity index (χ2n) is 3.60. The normalized spacial score (nSPS) is 15.4. The summed E-state index contributed by atoms with van der Waals surface area (Å²) in [4.78, 5) is 12.7. The Morgan fingerprint density at radius 3 is 2.82 bits per heavy atom. The quantitative estimate of drug-likeness (QED) is 0.820. The highest BCUT2D eigenvalue weighted by Crippen LogP contribution is 2.26. The van der Waals surface area contributed by atoms with E-state index in [1.54, 1.807) is 18.8 Å². The van der Waals surface area contributed by atoms with Crippen LogP contribution in [0.3, 0.4) is 0 Å². The van der Waals surface area contributed by atoms with E-state index >= 15 is 0 Å². The predicted octanol–water partition coefficient (Wildman–Crippen LogP) is 1.19. The number of thioether (sulfide) groups is 1. The third-order valence-corrected chi connectivity index (χ3v) is 3.13. The van der Waals surface area contributed by atoms with Gasteiger partial charge in [0.2, 0.25) is 5.95 Å².